The number of anilines is 1. The summed E-state index contributed by atoms with van der Waals surface area (Å²) < 4.78 is 0.860. The summed E-state index contributed by atoms with van der Waals surface area (Å²) in [5.74, 6) is -1.08. The SMILES string of the molecule is Cc1cc(NC(=O)C(NC(=O)[C@@H]2Cc3ccccc3CN2C(=O)CCC(=O)c2ccccc2)C2CC[N+](C)(C)CC2)ccc1Cl.[I-]. The lowest BCUT2D eigenvalue weighted by molar-refractivity contribution is -0.896. The maximum Gasteiger partial charge on any atom is 0.247 e. The molecule has 3 aromatic carbocycles. The standard InChI is InChI=1S/C36H41ClN4O4.HI/c1-24-21-29(13-14-30(24)37)38-36(45)34(26-17-19-41(2,3)20-18-26)39-35(44)31-22-27-11-7-8-12-28(27)23-40(31)33(43)16-15-32(42)25-9-5-4-6-10-25;/h4-14,21,26,31,34H,15-20,22-23H2,1-3H3,(H-,38,39,44,45);1H/t31-,34?;/m0./s1. The van der Waals surface area contributed by atoms with Gasteiger partial charge in [0.2, 0.25) is 17.7 Å². The Morgan fingerprint density at radius 3 is 2.24 bits per heavy atom. The zero-order chi connectivity index (χ0) is 32.1. The van der Waals surface area contributed by atoms with E-state index in [1.165, 1.54) is 0 Å². The van der Waals surface area contributed by atoms with E-state index in [9.17, 15) is 19.2 Å². The van der Waals surface area contributed by atoms with E-state index >= 15 is 0 Å². The third-order valence-electron chi connectivity index (χ3n) is 9.22. The van der Waals surface area contributed by atoms with E-state index in [0.29, 0.717) is 22.7 Å². The van der Waals surface area contributed by atoms with Gasteiger partial charge in [0, 0.05) is 54.9 Å². The normalized spacial score (nSPS) is 18.0. The van der Waals surface area contributed by atoms with Crippen LogP contribution >= 0.6 is 11.6 Å². The van der Waals surface area contributed by atoms with Crippen LogP contribution in [-0.4, -0.2) is 72.2 Å². The van der Waals surface area contributed by atoms with Gasteiger partial charge in [0.15, 0.2) is 5.78 Å². The fourth-order valence-electron chi connectivity index (χ4n) is 6.36. The number of aryl methyl sites for hydroxylation is 1. The van der Waals surface area contributed by atoms with E-state index in [-0.39, 0.29) is 72.8 Å². The smallest absolute Gasteiger partial charge is 0.247 e. The van der Waals surface area contributed by atoms with Gasteiger partial charge in [-0.1, -0.05) is 66.2 Å². The lowest BCUT2D eigenvalue weighted by Crippen LogP contribution is -3.00. The fraction of sp³-hybridized carbons (Fsp3) is 0.389. The van der Waals surface area contributed by atoms with Crippen LogP contribution in [0, 0.1) is 12.8 Å². The van der Waals surface area contributed by atoms with Gasteiger partial charge in [-0.25, -0.2) is 0 Å². The molecule has 0 radical (unpaired) electrons. The largest absolute Gasteiger partial charge is 1.00 e. The van der Waals surface area contributed by atoms with Crippen molar-refractivity contribution in [3.05, 3.63) is 100 Å². The number of fused-ring (bicyclic) bond motifs is 1. The number of ketones is 1. The molecule has 0 saturated carbocycles. The molecule has 2 aliphatic heterocycles. The first-order valence-corrected chi connectivity index (χ1v) is 16.0. The first-order chi connectivity index (χ1) is 21.5. The molecule has 3 aromatic rings. The Balaban J connectivity index is 0.00000480. The molecule has 2 aliphatic rings. The molecule has 3 amide bonds. The Labute approximate surface area is 293 Å². The summed E-state index contributed by atoms with van der Waals surface area (Å²) in [7, 11) is 4.34. The average molecular weight is 757 g/mol. The maximum absolute atomic E-state index is 14.1. The molecule has 5 rings (SSSR count). The highest BCUT2D eigenvalue weighted by molar-refractivity contribution is 6.31. The van der Waals surface area contributed by atoms with Gasteiger partial charge in [-0.05, 0) is 47.7 Å². The van der Waals surface area contributed by atoms with E-state index in [1.807, 2.05) is 43.3 Å². The molecule has 244 valence electrons. The predicted molar refractivity (Wildman–Crippen MR) is 176 cm³/mol. The van der Waals surface area contributed by atoms with Gasteiger partial charge in [-0.3, -0.25) is 19.2 Å². The van der Waals surface area contributed by atoms with Gasteiger partial charge in [-0.15, -0.1) is 0 Å². The second-order valence-corrected chi connectivity index (χ2v) is 13.4. The Hall–Kier alpha value is -3.28. The topological polar surface area (TPSA) is 95.6 Å². The summed E-state index contributed by atoms with van der Waals surface area (Å²) in [6.07, 6.45) is 1.94. The van der Waals surface area contributed by atoms with E-state index in [4.69, 9.17) is 11.6 Å². The van der Waals surface area contributed by atoms with Crippen molar-refractivity contribution in [1.82, 2.24) is 10.2 Å². The second kappa shape index (κ2) is 15.5. The van der Waals surface area contributed by atoms with Gasteiger partial charge in [-0.2, -0.15) is 0 Å². The van der Waals surface area contributed by atoms with E-state index < -0.39 is 12.1 Å². The van der Waals surface area contributed by atoms with Crippen molar-refractivity contribution in [1.29, 1.82) is 0 Å². The zero-order valence-corrected chi connectivity index (χ0v) is 29.5. The number of halogens is 2. The van der Waals surface area contributed by atoms with Gasteiger partial charge >= 0.3 is 0 Å². The average Bonchev–Trinajstić information content (AvgIpc) is 3.04. The number of likely N-dealkylation sites (tertiary alicyclic amines) is 1. The molecule has 0 bridgehead atoms. The van der Waals surface area contributed by atoms with Crippen LogP contribution in [0.4, 0.5) is 5.69 Å². The molecule has 1 saturated heterocycles. The van der Waals surface area contributed by atoms with Crippen LogP contribution in [0.2, 0.25) is 5.02 Å². The van der Waals surface area contributed by atoms with Crippen molar-refractivity contribution in [2.75, 3.05) is 32.5 Å². The molecule has 8 nitrogen and oxygen atoms in total. The number of hydrogen-bond acceptors (Lipinski definition) is 4. The molecule has 2 heterocycles. The number of benzene rings is 3. The number of carbonyl (C=O) groups is 4. The van der Waals surface area contributed by atoms with Crippen molar-refractivity contribution in [3.63, 3.8) is 0 Å². The maximum atomic E-state index is 14.1. The third-order valence-corrected chi connectivity index (χ3v) is 9.64. The van der Waals surface area contributed by atoms with E-state index in [0.717, 1.165) is 47.1 Å². The van der Waals surface area contributed by atoms with Gasteiger partial charge in [0.1, 0.15) is 12.1 Å². The van der Waals surface area contributed by atoms with Gasteiger partial charge in [0.05, 0.1) is 27.2 Å². The predicted octanol–water partition coefficient (Wildman–Crippen LogP) is 2.18. The number of carbonyl (C=O) groups excluding carboxylic acids is 4. The molecule has 2 N–H and O–H groups in total. The Bertz CT molecular complexity index is 1570. The summed E-state index contributed by atoms with van der Waals surface area (Å²) in [4.78, 5) is 56.0. The number of hydrogen-bond donors (Lipinski definition) is 2. The number of Topliss-reactive ketones (excluding diaryl/α,β-unsaturated/α-hetero) is 1. The number of nitrogens with zero attached hydrogens (tertiary/aromatic N) is 2. The molecule has 46 heavy (non-hydrogen) atoms. The molecule has 1 unspecified atom stereocenters. The second-order valence-electron chi connectivity index (χ2n) is 13.0. The molecule has 0 spiro atoms. The molecular formula is C36H42ClIN4O4. The highest BCUT2D eigenvalue weighted by Crippen LogP contribution is 2.28. The molecular weight excluding hydrogens is 715 g/mol. The van der Waals surface area contributed by atoms with Crippen molar-refractivity contribution in [2.24, 2.45) is 5.92 Å². The van der Waals surface area contributed by atoms with Crippen LogP contribution in [0.5, 0.6) is 0 Å². The number of rotatable bonds is 9. The first kappa shape index (κ1) is 35.6. The highest BCUT2D eigenvalue weighted by atomic mass is 127. The molecule has 2 atom stereocenters. The van der Waals surface area contributed by atoms with Gasteiger partial charge in [0.25, 0.3) is 0 Å². The van der Waals surface area contributed by atoms with Crippen LogP contribution in [0.3, 0.4) is 0 Å². The van der Waals surface area contributed by atoms with Crippen LogP contribution in [0.25, 0.3) is 0 Å². The minimum Gasteiger partial charge on any atom is -1.00 e. The first-order valence-electron chi connectivity index (χ1n) is 15.6. The summed E-state index contributed by atoms with van der Waals surface area (Å²) in [5.41, 5.74) is 3.98. The highest BCUT2D eigenvalue weighted by Gasteiger charge is 2.40. The minimum atomic E-state index is -0.803. The fourth-order valence-corrected chi connectivity index (χ4v) is 6.48. The molecule has 0 aromatic heterocycles. The van der Waals surface area contributed by atoms with Crippen LogP contribution < -0.4 is 34.6 Å². The lowest BCUT2D eigenvalue weighted by atomic mass is 9.87. The Kier molecular flexibility index (Phi) is 12.0. The van der Waals surface area contributed by atoms with Gasteiger partial charge < -0.3 is 44.0 Å². The quantitative estimate of drug-likeness (QED) is 0.199. The monoisotopic (exact) mass is 756 g/mol. The third kappa shape index (κ3) is 8.74. The molecule has 0 aliphatic carbocycles. The van der Waals surface area contributed by atoms with Crippen LogP contribution in [0.15, 0.2) is 72.8 Å². The van der Waals surface area contributed by atoms with Crippen molar-refractivity contribution in [2.45, 2.75) is 57.7 Å². The lowest BCUT2D eigenvalue weighted by Gasteiger charge is -2.41. The minimum absolute atomic E-state index is 0. The number of amides is 3. The Morgan fingerprint density at radius 1 is 0.913 bits per heavy atom. The summed E-state index contributed by atoms with van der Waals surface area (Å²) >= 11 is 6.21. The zero-order valence-electron chi connectivity index (χ0n) is 26.6. The molecule has 1 fully saturated rings. The van der Waals surface area contributed by atoms with Crippen molar-refractivity contribution >= 4 is 40.8 Å². The number of nitrogens with one attached hydrogen (secondary N) is 2. The van der Waals surface area contributed by atoms with Crippen molar-refractivity contribution in [3.8, 4) is 0 Å². The number of piperidine rings is 1. The van der Waals surface area contributed by atoms with Crippen LogP contribution in [0.1, 0.15) is 52.7 Å². The Morgan fingerprint density at radius 2 is 1.57 bits per heavy atom. The number of quaternary nitrogens is 1. The van der Waals surface area contributed by atoms with Crippen LogP contribution in [-0.2, 0) is 27.3 Å². The summed E-state index contributed by atoms with van der Waals surface area (Å²) in [6.45, 7) is 3.92. The van der Waals surface area contributed by atoms with E-state index in [2.05, 4.69) is 24.7 Å². The summed E-state index contributed by atoms with van der Waals surface area (Å²) in [6, 6.07) is 20.4. The summed E-state index contributed by atoms with van der Waals surface area (Å²) in [5, 5.41) is 6.70. The van der Waals surface area contributed by atoms with E-state index in [1.54, 1.807) is 41.3 Å². The molecule has 10 heteroatoms. The van der Waals surface area contributed by atoms with Crippen molar-refractivity contribution < 1.29 is 47.6 Å².